The topological polar surface area (TPSA) is 99.8 Å². The molecule has 1 fully saturated rings. The van der Waals surface area contributed by atoms with Crippen LogP contribution < -0.4 is 16.0 Å². The van der Waals surface area contributed by atoms with Crippen LogP contribution in [0.25, 0.3) is 6.08 Å². The third kappa shape index (κ3) is 9.18. The Morgan fingerprint density at radius 3 is 2.02 bits per heavy atom. The zero-order chi connectivity index (χ0) is 32.1. The molecule has 8 nitrogen and oxygen atoms in total. The molecule has 1 aliphatic rings. The van der Waals surface area contributed by atoms with Gasteiger partial charge in [0.1, 0.15) is 5.60 Å². The van der Waals surface area contributed by atoms with Crippen LogP contribution in [0.4, 0.5) is 21.9 Å². The van der Waals surface area contributed by atoms with Gasteiger partial charge in [0.2, 0.25) is 11.8 Å². The van der Waals surface area contributed by atoms with Crippen LogP contribution >= 0.6 is 11.6 Å². The molecule has 9 heteroatoms. The average Bonchev–Trinajstić information content (AvgIpc) is 3.40. The van der Waals surface area contributed by atoms with E-state index >= 15 is 0 Å². The second-order valence-corrected chi connectivity index (χ2v) is 13.4. The standard InChI is InChI=1S/C35H41ClN4O4/c1-34(2,3)40-21-27(28(22-40)32(42)37-26-18-16-25(36)17-19-26)24-14-11-23(12-15-24)13-20-31(41)38-29-9-7-8-10-30(29)39-33(43)44-35(4,5)6/h7-20,27-28H,21-22H2,1-6H3,(H,37,42)(H,38,41)(H,39,43)/b20-13+. The summed E-state index contributed by atoms with van der Waals surface area (Å²) in [5, 5.41) is 9.17. The Kier molecular flexibility index (Phi) is 10.2. The predicted octanol–water partition coefficient (Wildman–Crippen LogP) is 7.79. The Bertz CT molecular complexity index is 1510. The lowest BCUT2D eigenvalue weighted by Crippen LogP contribution is -2.40. The second-order valence-electron chi connectivity index (χ2n) is 12.9. The van der Waals surface area contributed by atoms with Crippen molar-refractivity contribution in [2.75, 3.05) is 29.0 Å². The van der Waals surface area contributed by atoms with Gasteiger partial charge in [-0.05, 0) is 95.1 Å². The molecule has 232 valence electrons. The first-order chi connectivity index (χ1) is 20.7. The highest BCUT2D eigenvalue weighted by Crippen LogP contribution is 2.37. The van der Waals surface area contributed by atoms with Gasteiger partial charge >= 0.3 is 6.09 Å². The molecule has 0 bridgehead atoms. The maximum absolute atomic E-state index is 13.4. The number of likely N-dealkylation sites (tertiary alicyclic amines) is 1. The van der Waals surface area contributed by atoms with Crippen LogP contribution in [0.5, 0.6) is 0 Å². The minimum absolute atomic E-state index is 0.0110. The molecule has 0 aromatic heterocycles. The van der Waals surface area contributed by atoms with E-state index in [1.54, 1.807) is 75.4 Å². The largest absolute Gasteiger partial charge is 0.444 e. The number of amides is 3. The van der Waals surface area contributed by atoms with Gasteiger partial charge in [-0.15, -0.1) is 0 Å². The van der Waals surface area contributed by atoms with Crippen molar-refractivity contribution in [1.29, 1.82) is 0 Å². The van der Waals surface area contributed by atoms with E-state index < -0.39 is 11.7 Å². The number of rotatable bonds is 7. The minimum Gasteiger partial charge on any atom is -0.444 e. The van der Waals surface area contributed by atoms with E-state index in [-0.39, 0.29) is 29.2 Å². The van der Waals surface area contributed by atoms with Gasteiger partial charge in [-0.1, -0.05) is 48.0 Å². The lowest BCUT2D eigenvalue weighted by molar-refractivity contribution is -0.120. The minimum atomic E-state index is -0.644. The molecule has 3 N–H and O–H groups in total. The van der Waals surface area contributed by atoms with Crippen molar-refractivity contribution < 1.29 is 19.1 Å². The van der Waals surface area contributed by atoms with Gasteiger partial charge in [-0.3, -0.25) is 19.8 Å². The molecule has 0 radical (unpaired) electrons. The number of hydrogen-bond acceptors (Lipinski definition) is 5. The molecule has 1 saturated heterocycles. The zero-order valence-corrected chi connectivity index (χ0v) is 26.9. The molecular weight excluding hydrogens is 576 g/mol. The van der Waals surface area contributed by atoms with Crippen molar-refractivity contribution in [2.45, 2.75) is 58.6 Å². The molecular formula is C35H41ClN4O4. The number of para-hydroxylation sites is 2. The third-order valence-electron chi connectivity index (χ3n) is 7.33. The summed E-state index contributed by atoms with van der Waals surface area (Å²) < 4.78 is 5.32. The van der Waals surface area contributed by atoms with Crippen molar-refractivity contribution in [3.8, 4) is 0 Å². The summed E-state index contributed by atoms with van der Waals surface area (Å²) >= 11 is 6.01. The van der Waals surface area contributed by atoms with Crippen molar-refractivity contribution in [2.24, 2.45) is 5.92 Å². The van der Waals surface area contributed by atoms with Crippen LogP contribution in [0.15, 0.2) is 78.9 Å². The smallest absolute Gasteiger partial charge is 0.412 e. The number of benzene rings is 3. The molecule has 1 aliphatic heterocycles. The Hall–Kier alpha value is -4.14. The van der Waals surface area contributed by atoms with Crippen molar-refractivity contribution in [3.63, 3.8) is 0 Å². The second kappa shape index (κ2) is 13.7. The third-order valence-corrected chi connectivity index (χ3v) is 7.58. The summed E-state index contributed by atoms with van der Waals surface area (Å²) in [6.45, 7) is 13.2. The summed E-state index contributed by atoms with van der Waals surface area (Å²) in [7, 11) is 0. The summed E-state index contributed by atoms with van der Waals surface area (Å²) in [4.78, 5) is 40.8. The van der Waals surface area contributed by atoms with E-state index in [2.05, 4.69) is 41.6 Å². The highest BCUT2D eigenvalue weighted by Gasteiger charge is 2.42. The molecule has 0 saturated carbocycles. The molecule has 0 aliphatic carbocycles. The summed E-state index contributed by atoms with van der Waals surface area (Å²) in [6.07, 6.45) is 2.56. The number of ether oxygens (including phenoxy) is 1. The van der Waals surface area contributed by atoms with Crippen LogP contribution in [0, 0.1) is 5.92 Å². The molecule has 3 aromatic carbocycles. The number of carbonyl (C=O) groups is 3. The number of hydrogen-bond donors (Lipinski definition) is 3. The molecule has 3 aromatic rings. The highest BCUT2D eigenvalue weighted by atomic mass is 35.5. The lowest BCUT2D eigenvalue weighted by atomic mass is 9.88. The summed E-state index contributed by atoms with van der Waals surface area (Å²) in [6, 6.07) is 22.0. The van der Waals surface area contributed by atoms with Gasteiger partial charge in [-0.2, -0.15) is 0 Å². The van der Waals surface area contributed by atoms with Crippen LogP contribution in [0.3, 0.4) is 0 Å². The Morgan fingerprint density at radius 1 is 0.818 bits per heavy atom. The SMILES string of the molecule is CC(C)(C)OC(=O)Nc1ccccc1NC(=O)/C=C/c1ccc(C2CN(C(C)(C)C)CC2C(=O)Nc2ccc(Cl)cc2)cc1. The van der Waals surface area contributed by atoms with Gasteiger partial charge in [-0.25, -0.2) is 4.79 Å². The van der Waals surface area contributed by atoms with Gasteiger partial charge in [0.15, 0.2) is 0 Å². The van der Waals surface area contributed by atoms with Crippen molar-refractivity contribution in [1.82, 2.24) is 4.90 Å². The quantitative estimate of drug-likeness (QED) is 0.235. The predicted molar refractivity (Wildman–Crippen MR) is 178 cm³/mol. The number of anilines is 3. The number of nitrogens with zero attached hydrogens (tertiary/aromatic N) is 1. The normalized spacial score (nSPS) is 17.3. The van der Waals surface area contributed by atoms with E-state index in [4.69, 9.17) is 16.3 Å². The maximum Gasteiger partial charge on any atom is 0.412 e. The van der Waals surface area contributed by atoms with Gasteiger partial charge in [0.05, 0.1) is 17.3 Å². The number of halogens is 1. The maximum atomic E-state index is 13.4. The fraction of sp³-hybridized carbons (Fsp3) is 0.343. The fourth-order valence-electron chi connectivity index (χ4n) is 5.04. The number of nitrogens with one attached hydrogen (secondary N) is 3. The zero-order valence-electron chi connectivity index (χ0n) is 26.1. The summed E-state index contributed by atoms with van der Waals surface area (Å²) in [5.74, 6) is -0.586. The Morgan fingerprint density at radius 2 is 1.43 bits per heavy atom. The average molecular weight is 617 g/mol. The Balaban J connectivity index is 1.43. The van der Waals surface area contributed by atoms with Crippen molar-refractivity contribution in [3.05, 3.63) is 95.0 Å². The molecule has 4 rings (SSSR count). The Labute approximate surface area is 264 Å². The summed E-state index contributed by atoms with van der Waals surface area (Å²) in [5.41, 5.74) is 2.79. The van der Waals surface area contributed by atoms with E-state index in [1.165, 1.54) is 6.08 Å². The first-order valence-corrected chi connectivity index (χ1v) is 15.1. The molecule has 1 heterocycles. The molecule has 0 spiro atoms. The van der Waals surface area contributed by atoms with Gasteiger partial charge in [0, 0.05) is 41.3 Å². The highest BCUT2D eigenvalue weighted by molar-refractivity contribution is 6.30. The lowest BCUT2D eigenvalue weighted by Gasteiger charge is -2.31. The monoisotopic (exact) mass is 616 g/mol. The van der Waals surface area contributed by atoms with Crippen LogP contribution in [0.1, 0.15) is 58.6 Å². The van der Waals surface area contributed by atoms with Gasteiger partial charge < -0.3 is 15.4 Å². The van der Waals surface area contributed by atoms with E-state index in [1.807, 2.05) is 24.3 Å². The van der Waals surface area contributed by atoms with Crippen LogP contribution in [-0.4, -0.2) is 47.0 Å². The first kappa shape index (κ1) is 32.8. The van der Waals surface area contributed by atoms with E-state index in [0.717, 1.165) is 23.4 Å². The molecule has 44 heavy (non-hydrogen) atoms. The van der Waals surface area contributed by atoms with Crippen LogP contribution in [0.2, 0.25) is 5.02 Å². The fourth-order valence-corrected chi connectivity index (χ4v) is 5.16. The van der Waals surface area contributed by atoms with E-state index in [0.29, 0.717) is 22.9 Å². The first-order valence-electron chi connectivity index (χ1n) is 14.7. The van der Waals surface area contributed by atoms with Crippen molar-refractivity contribution >= 4 is 52.6 Å². The molecule has 2 atom stereocenters. The molecule has 2 unspecified atom stereocenters. The molecule has 3 amide bonds. The number of carbonyl (C=O) groups excluding carboxylic acids is 3. The van der Waals surface area contributed by atoms with E-state index in [9.17, 15) is 14.4 Å². The van der Waals surface area contributed by atoms with Gasteiger partial charge in [0.25, 0.3) is 0 Å². The van der Waals surface area contributed by atoms with Crippen LogP contribution in [-0.2, 0) is 14.3 Å².